The third-order valence-corrected chi connectivity index (χ3v) is 13.3. The van der Waals surface area contributed by atoms with E-state index in [9.17, 15) is 9.59 Å². The van der Waals surface area contributed by atoms with Crippen LogP contribution in [0.5, 0.6) is 11.5 Å². The summed E-state index contributed by atoms with van der Waals surface area (Å²) >= 11 is 0. The molecule has 0 N–H and O–H groups in total. The highest BCUT2D eigenvalue weighted by Crippen LogP contribution is 2.38. The van der Waals surface area contributed by atoms with Gasteiger partial charge < -0.3 is 18.6 Å². The predicted octanol–water partition coefficient (Wildman–Crippen LogP) is 11.0. The molecular weight excluding hydrogens is 785 g/mol. The summed E-state index contributed by atoms with van der Waals surface area (Å²) in [4.78, 5) is 36.4. The number of ether oxygens (including phenoxy) is 2. The molecule has 0 aliphatic carbocycles. The third kappa shape index (κ3) is 7.91. The van der Waals surface area contributed by atoms with E-state index in [0.717, 1.165) is 93.5 Å². The smallest absolute Gasteiger partial charge is 0.281 e. The highest BCUT2D eigenvalue weighted by Gasteiger charge is 2.21. The van der Waals surface area contributed by atoms with Gasteiger partial charge >= 0.3 is 0 Å². The largest absolute Gasteiger partial charge is 0.489 e. The van der Waals surface area contributed by atoms with Crippen molar-refractivity contribution in [1.82, 2.24) is 19.1 Å². The predicted molar refractivity (Wildman–Crippen MR) is 243 cm³/mol. The van der Waals surface area contributed by atoms with Gasteiger partial charge in [-0.1, -0.05) is 94.4 Å². The zero-order valence-corrected chi connectivity index (χ0v) is 34.1. The first kappa shape index (κ1) is 37.6. The minimum absolute atomic E-state index is 0.179. The summed E-state index contributed by atoms with van der Waals surface area (Å²) in [6.45, 7) is 2.58. The number of fused-ring (bicyclic) bond motifs is 6. The number of aromatic nitrogens is 4. The van der Waals surface area contributed by atoms with E-state index in [2.05, 4.69) is 79.8 Å². The van der Waals surface area contributed by atoms with Crippen LogP contribution in [-0.4, -0.2) is 19.1 Å². The lowest BCUT2D eigenvalue weighted by Crippen LogP contribution is -2.14. The molecule has 2 aromatic heterocycles. The summed E-state index contributed by atoms with van der Waals surface area (Å²) in [6.07, 6.45) is 5.91. The van der Waals surface area contributed by atoms with Gasteiger partial charge in [-0.25, -0.2) is 0 Å². The molecule has 6 aromatic carbocycles. The number of para-hydroxylation sites is 2. The van der Waals surface area contributed by atoms with Gasteiger partial charge in [0.15, 0.2) is 0 Å². The molecule has 4 heterocycles. The molecule has 0 saturated heterocycles. The second kappa shape index (κ2) is 16.6. The molecule has 0 fully saturated rings. The van der Waals surface area contributed by atoms with Crippen LogP contribution in [0.4, 0.5) is 0 Å². The molecule has 0 saturated carbocycles. The highest BCUT2D eigenvalue weighted by molar-refractivity contribution is 8.76. The topological polar surface area (TPSA) is 88.2 Å². The molecule has 0 bridgehead atoms. The van der Waals surface area contributed by atoms with Crippen molar-refractivity contribution in [3.05, 3.63) is 200 Å². The number of nitrogens with zero attached hydrogens (tertiary/aromatic N) is 4. The minimum Gasteiger partial charge on any atom is -0.489 e. The van der Waals surface area contributed by atoms with Gasteiger partial charge in [-0.2, -0.15) is 9.97 Å². The fourth-order valence-corrected chi connectivity index (χ4v) is 9.71. The van der Waals surface area contributed by atoms with Crippen LogP contribution >= 0.6 is 21.6 Å². The lowest BCUT2D eigenvalue weighted by Gasteiger charge is -2.09. The van der Waals surface area contributed by atoms with Crippen LogP contribution in [0.2, 0.25) is 0 Å². The Hall–Kier alpha value is -6.62. The van der Waals surface area contributed by atoms with Gasteiger partial charge in [0, 0.05) is 22.9 Å². The normalized spacial score (nSPS) is 14.5. The molecule has 2 aliphatic rings. The first-order valence-corrected chi connectivity index (χ1v) is 22.0. The van der Waals surface area contributed by atoms with Crippen LogP contribution in [0, 0.1) is 0 Å². The molecule has 0 radical (unpaired) electrons. The number of allylic oxidation sites excluding steroid dienone is 2. The summed E-state index contributed by atoms with van der Waals surface area (Å²) in [6, 6.07) is 48.4. The maximum Gasteiger partial charge on any atom is 0.281 e. The van der Waals surface area contributed by atoms with Crippen molar-refractivity contribution >= 4 is 66.7 Å². The van der Waals surface area contributed by atoms with Gasteiger partial charge in [0.25, 0.3) is 11.1 Å². The first-order valence-electron chi connectivity index (χ1n) is 19.9. The van der Waals surface area contributed by atoms with Crippen molar-refractivity contribution in [2.45, 2.75) is 48.9 Å². The molecule has 2 aliphatic heterocycles. The Morgan fingerprint density at radius 1 is 0.500 bits per heavy atom. The highest BCUT2D eigenvalue weighted by atomic mass is 33.1. The third-order valence-electron chi connectivity index (χ3n) is 10.9. The van der Waals surface area contributed by atoms with Gasteiger partial charge in [-0.05, 0) is 131 Å². The van der Waals surface area contributed by atoms with Crippen molar-refractivity contribution in [1.29, 1.82) is 0 Å². The molecule has 8 nitrogen and oxygen atoms in total. The average Bonchev–Trinajstić information content (AvgIpc) is 3.89. The summed E-state index contributed by atoms with van der Waals surface area (Å²) in [7, 11) is 3.45. The van der Waals surface area contributed by atoms with Crippen LogP contribution in [0.15, 0.2) is 165 Å². The Kier molecular flexibility index (Phi) is 10.4. The Balaban J connectivity index is 0.682. The Morgan fingerprint density at radius 3 is 1.32 bits per heavy atom. The summed E-state index contributed by atoms with van der Waals surface area (Å²) in [5.74, 6) is 3.12. The standard InChI is InChI=1S/C50H38N4O4S2/c55-49-43-5-1-3-7-45(43)53-27-25-37(47(53)51-49)29-33-9-17-39(18-10-33)57-31-35-13-21-41(22-14-35)59-60-42-23-15-36(16-24-42)32-58-40-19-11-34(12-20-40)30-38-26-28-54-46-8-4-2-6-44(46)50(56)52-48(38)54/h1-24,29-30H,25-28,31-32H2/b37-29-,38-30?. The van der Waals surface area contributed by atoms with E-state index in [-0.39, 0.29) is 11.1 Å². The van der Waals surface area contributed by atoms with Gasteiger partial charge in [-0.3, -0.25) is 9.59 Å². The zero-order chi connectivity index (χ0) is 40.4. The summed E-state index contributed by atoms with van der Waals surface area (Å²) < 4.78 is 16.5. The molecular formula is C50H38N4O4S2. The molecule has 294 valence electrons. The Morgan fingerprint density at radius 2 is 0.900 bits per heavy atom. The molecule has 8 aromatic rings. The Labute approximate surface area is 354 Å². The summed E-state index contributed by atoms with van der Waals surface area (Å²) in [5, 5.41) is 1.33. The van der Waals surface area contributed by atoms with Crippen molar-refractivity contribution in [2.24, 2.45) is 0 Å². The lowest BCUT2D eigenvalue weighted by molar-refractivity contribution is 0.306. The number of rotatable bonds is 11. The second-order valence-corrected chi connectivity index (χ2v) is 17.1. The van der Waals surface area contributed by atoms with Gasteiger partial charge in [0.05, 0.1) is 21.8 Å². The molecule has 60 heavy (non-hydrogen) atoms. The van der Waals surface area contributed by atoms with E-state index >= 15 is 0 Å². The lowest BCUT2D eigenvalue weighted by atomic mass is 10.1. The van der Waals surface area contributed by atoms with Crippen LogP contribution in [0.25, 0.3) is 45.1 Å². The number of hydrogen-bond acceptors (Lipinski definition) is 8. The minimum atomic E-state index is -0.179. The monoisotopic (exact) mass is 822 g/mol. The van der Waals surface area contributed by atoms with Crippen molar-refractivity contribution in [3.63, 3.8) is 0 Å². The van der Waals surface area contributed by atoms with E-state index in [1.54, 1.807) is 21.6 Å². The number of aryl methyl sites for hydroxylation is 2. The molecule has 0 amide bonds. The van der Waals surface area contributed by atoms with E-state index in [0.29, 0.717) is 24.0 Å². The van der Waals surface area contributed by atoms with E-state index < -0.39 is 0 Å². The number of hydrogen-bond donors (Lipinski definition) is 0. The van der Waals surface area contributed by atoms with Crippen LogP contribution in [0.1, 0.15) is 46.7 Å². The maximum atomic E-state index is 12.6. The molecule has 10 rings (SSSR count). The zero-order valence-electron chi connectivity index (χ0n) is 32.5. The molecule has 0 unspecified atom stereocenters. The Bertz CT molecular complexity index is 2850. The van der Waals surface area contributed by atoms with Crippen molar-refractivity contribution in [2.75, 3.05) is 0 Å². The first-order chi connectivity index (χ1) is 29.5. The fraction of sp³-hybridized carbons (Fsp3) is 0.120. The van der Waals surface area contributed by atoms with Gasteiger partial charge in [0.1, 0.15) is 36.4 Å². The summed E-state index contributed by atoms with van der Waals surface area (Å²) in [5.41, 5.74) is 7.95. The molecule has 0 spiro atoms. The van der Waals surface area contributed by atoms with Crippen LogP contribution < -0.4 is 20.6 Å². The molecule has 10 heteroatoms. The van der Waals surface area contributed by atoms with Crippen LogP contribution in [0.3, 0.4) is 0 Å². The van der Waals surface area contributed by atoms with Crippen molar-refractivity contribution in [3.8, 4) is 11.5 Å². The maximum absolute atomic E-state index is 12.6. The van der Waals surface area contributed by atoms with Crippen molar-refractivity contribution < 1.29 is 9.47 Å². The van der Waals surface area contributed by atoms with E-state index in [1.807, 2.05) is 97.1 Å². The molecule has 0 atom stereocenters. The number of benzene rings is 6. The van der Waals surface area contributed by atoms with E-state index in [4.69, 9.17) is 9.47 Å². The quantitative estimate of drug-likeness (QED) is 0.119. The SMILES string of the molecule is O=c1nc2n(c3ccccc13)CCC2=Cc1ccc(OCc2ccc(SSc3ccc(COc4ccc(/C=C5/CCn6c5nc(=O)c5ccccc56)cc4)cc3)cc2)cc1. The average molecular weight is 823 g/mol. The van der Waals surface area contributed by atoms with Gasteiger partial charge in [0.2, 0.25) is 0 Å². The fourth-order valence-electron chi connectivity index (χ4n) is 7.78. The van der Waals surface area contributed by atoms with Crippen LogP contribution in [-0.2, 0) is 26.3 Å². The van der Waals surface area contributed by atoms with Gasteiger partial charge in [-0.15, -0.1) is 0 Å². The van der Waals surface area contributed by atoms with E-state index in [1.165, 1.54) is 9.79 Å². The second-order valence-electron chi connectivity index (χ2n) is 14.8.